The van der Waals surface area contributed by atoms with Gasteiger partial charge in [-0.2, -0.15) is 0 Å². The van der Waals surface area contributed by atoms with E-state index < -0.39 is 5.97 Å². The minimum absolute atomic E-state index is 0.0698. The Balaban J connectivity index is 2.01. The van der Waals surface area contributed by atoms with Gasteiger partial charge in [0.1, 0.15) is 4.83 Å². The summed E-state index contributed by atoms with van der Waals surface area (Å²) in [4.78, 5) is 31.2. The van der Waals surface area contributed by atoms with Gasteiger partial charge in [0, 0.05) is 22.7 Å². The zero-order chi connectivity index (χ0) is 18.8. The van der Waals surface area contributed by atoms with E-state index in [1.807, 2.05) is 13.8 Å². The summed E-state index contributed by atoms with van der Waals surface area (Å²) in [5.74, 6) is 0.0721. The standard InChI is InChI=1S/C18H18N2O4S2/c1-5-7-20-16(21)13-10(2)11(3)26-15(13)19-18(20)25-9-12-6-8-24-14(12)17(22)23-4/h5-6,8H,1,7,9H2,2-4H3. The molecule has 0 N–H and O–H groups in total. The first kappa shape index (κ1) is 18.5. The number of fused-ring (bicyclic) bond motifs is 1. The molecule has 0 bridgehead atoms. The highest BCUT2D eigenvalue weighted by molar-refractivity contribution is 7.98. The molecule has 26 heavy (non-hydrogen) atoms. The topological polar surface area (TPSA) is 74.3 Å². The Kier molecular flexibility index (Phi) is 5.33. The number of ether oxygens (including phenoxy) is 1. The first-order valence-electron chi connectivity index (χ1n) is 7.86. The average Bonchev–Trinajstić information content (AvgIpc) is 3.20. The van der Waals surface area contributed by atoms with Crippen molar-refractivity contribution in [2.45, 2.75) is 31.3 Å². The molecule has 0 aromatic carbocycles. The lowest BCUT2D eigenvalue weighted by molar-refractivity contribution is 0.0564. The molecule has 0 atom stereocenters. The lowest BCUT2D eigenvalue weighted by Gasteiger charge is -2.10. The van der Waals surface area contributed by atoms with Crippen molar-refractivity contribution < 1.29 is 13.9 Å². The molecule has 136 valence electrons. The third kappa shape index (κ3) is 3.22. The SMILES string of the molecule is C=CCn1c(SCc2ccoc2C(=O)OC)nc2sc(C)c(C)c2c1=O. The number of allylic oxidation sites excluding steroid dienone is 1. The second-order valence-corrected chi connectivity index (χ2v) is 7.76. The largest absolute Gasteiger partial charge is 0.463 e. The molecule has 3 rings (SSSR count). The first-order valence-corrected chi connectivity index (χ1v) is 9.67. The van der Waals surface area contributed by atoms with Gasteiger partial charge >= 0.3 is 5.97 Å². The number of hydrogen-bond acceptors (Lipinski definition) is 7. The molecule has 3 aromatic rings. The van der Waals surface area contributed by atoms with Crippen molar-refractivity contribution in [3.63, 3.8) is 0 Å². The number of methoxy groups -OCH3 is 1. The van der Waals surface area contributed by atoms with Crippen LogP contribution < -0.4 is 5.56 Å². The van der Waals surface area contributed by atoms with Crippen LogP contribution in [0.15, 0.2) is 39.4 Å². The fraction of sp³-hybridized carbons (Fsp3) is 0.278. The van der Waals surface area contributed by atoms with Crippen LogP contribution in [0.2, 0.25) is 0 Å². The van der Waals surface area contributed by atoms with Crippen molar-refractivity contribution in [2.24, 2.45) is 0 Å². The quantitative estimate of drug-likeness (QED) is 0.275. The van der Waals surface area contributed by atoms with Crippen molar-refractivity contribution in [1.82, 2.24) is 9.55 Å². The second kappa shape index (κ2) is 7.51. The molecule has 0 saturated carbocycles. The van der Waals surface area contributed by atoms with E-state index in [0.29, 0.717) is 28.4 Å². The zero-order valence-corrected chi connectivity index (χ0v) is 16.3. The van der Waals surface area contributed by atoms with Crippen molar-refractivity contribution in [3.8, 4) is 0 Å². The summed E-state index contributed by atoms with van der Waals surface area (Å²) < 4.78 is 11.5. The number of carbonyl (C=O) groups excluding carboxylic acids is 1. The molecule has 0 amide bonds. The van der Waals surface area contributed by atoms with Gasteiger partial charge in [0.2, 0.25) is 5.76 Å². The summed E-state index contributed by atoms with van der Waals surface area (Å²) in [7, 11) is 1.31. The number of thiophene rings is 1. The molecular formula is C18H18N2O4S2. The lowest BCUT2D eigenvalue weighted by Crippen LogP contribution is -2.22. The lowest BCUT2D eigenvalue weighted by atomic mass is 10.2. The summed E-state index contributed by atoms with van der Waals surface area (Å²) in [5, 5.41) is 1.25. The van der Waals surface area contributed by atoms with Gasteiger partial charge < -0.3 is 9.15 Å². The van der Waals surface area contributed by atoms with E-state index in [-0.39, 0.29) is 11.3 Å². The molecular weight excluding hydrogens is 372 g/mol. The van der Waals surface area contributed by atoms with Gasteiger partial charge in [-0.15, -0.1) is 17.9 Å². The molecule has 0 aliphatic heterocycles. The maximum Gasteiger partial charge on any atom is 0.374 e. The van der Waals surface area contributed by atoms with Gasteiger partial charge in [0.25, 0.3) is 5.56 Å². The number of thioether (sulfide) groups is 1. The van der Waals surface area contributed by atoms with Crippen molar-refractivity contribution in [1.29, 1.82) is 0 Å². The van der Waals surface area contributed by atoms with Crippen LogP contribution >= 0.6 is 23.1 Å². The van der Waals surface area contributed by atoms with Crippen LogP contribution in [0.3, 0.4) is 0 Å². The van der Waals surface area contributed by atoms with E-state index in [1.165, 1.54) is 36.5 Å². The number of aromatic nitrogens is 2. The molecule has 6 nitrogen and oxygen atoms in total. The molecule has 0 spiro atoms. The third-order valence-corrected chi connectivity index (χ3v) is 6.17. The number of rotatable bonds is 6. The number of hydrogen-bond donors (Lipinski definition) is 0. The average molecular weight is 390 g/mol. The fourth-order valence-corrected chi connectivity index (χ4v) is 4.63. The maximum atomic E-state index is 12.9. The summed E-state index contributed by atoms with van der Waals surface area (Å²) in [5.41, 5.74) is 1.60. The molecule has 3 heterocycles. The first-order chi connectivity index (χ1) is 12.5. The van der Waals surface area contributed by atoms with Crippen LogP contribution in [0.1, 0.15) is 26.6 Å². The van der Waals surface area contributed by atoms with Crippen LogP contribution in [0.25, 0.3) is 10.2 Å². The predicted octanol–water partition coefficient (Wildman–Crippen LogP) is 3.93. The van der Waals surface area contributed by atoms with Crippen molar-refractivity contribution in [3.05, 3.63) is 57.1 Å². The van der Waals surface area contributed by atoms with E-state index in [1.54, 1.807) is 16.7 Å². The summed E-state index contributed by atoms with van der Waals surface area (Å²) in [6.45, 7) is 8.03. The Labute approximate surface area is 158 Å². The Morgan fingerprint density at radius 3 is 2.96 bits per heavy atom. The van der Waals surface area contributed by atoms with Gasteiger partial charge in [-0.25, -0.2) is 9.78 Å². The van der Waals surface area contributed by atoms with E-state index in [4.69, 9.17) is 9.15 Å². The number of carbonyl (C=O) groups is 1. The highest BCUT2D eigenvalue weighted by Gasteiger charge is 2.19. The van der Waals surface area contributed by atoms with Gasteiger partial charge in [-0.3, -0.25) is 9.36 Å². The number of nitrogens with zero attached hydrogens (tertiary/aromatic N) is 2. The Bertz CT molecular complexity index is 1050. The molecule has 0 radical (unpaired) electrons. The van der Waals surface area contributed by atoms with Gasteiger partial charge in [0.15, 0.2) is 5.16 Å². The number of furan rings is 1. The van der Waals surface area contributed by atoms with E-state index in [0.717, 1.165) is 15.3 Å². The molecule has 0 fully saturated rings. The summed E-state index contributed by atoms with van der Waals surface area (Å²) in [6, 6.07) is 1.72. The second-order valence-electron chi connectivity index (χ2n) is 5.62. The van der Waals surface area contributed by atoms with Gasteiger partial charge in [-0.1, -0.05) is 17.8 Å². The van der Waals surface area contributed by atoms with Crippen LogP contribution in [0.4, 0.5) is 0 Å². The summed E-state index contributed by atoms with van der Waals surface area (Å²) >= 11 is 2.89. The van der Waals surface area contributed by atoms with Gasteiger partial charge in [-0.05, 0) is 25.5 Å². The molecule has 0 saturated heterocycles. The zero-order valence-electron chi connectivity index (χ0n) is 14.7. The third-order valence-electron chi connectivity index (χ3n) is 4.04. The Hall–Kier alpha value is -2.32. The normalized spacial score (nSPS) is 11.0. The van der Waals surface area contributed by atoms with Crippen LogP contribution in [0.5, 0.6) is 0 Å². The predicted molar refractivity (Wildman–Crippen MR) is 103 cm³/mol. The monoisotopic (exact) mass is 390 g/mol. The Morgan fingerprint density at radius 2 is 2.27 bits per heavy atom. The molecule has 3 aromatic heterocycles. The smallest absolute Gasteiger partial charge is 0.374 e. The van der Waals surface area contributed by atoms with E-state index >= 15 is 0 Å². The van der Waals surface area contributed by atoms with Crippen LogP contribution in [-0.4, -0.2) is 22.6 Å². The Morgan fingerprint density at radius 1 is 1.50 bits per heavy atom. The highest BCUT2D eigenvalue weighted by Crippen LogP contribution is 2.30. The number of esters is 1. The highest BCUT2D eigenvalue weighted by atomic mass is 32.2. The maximum absolute atomic E-state index is 12.9. The molecule has 8 heteroatoms. The summed E-state index contributed by atoms with van der Waals surface area (Å²) in [6.07, 6.45) is 3.12. The fourth-order valence-electron chi connectivity index (χ4n) is 2.57. The molecule has 0 aliphatic carbocycles. The van der Waals surface area contributed by atoms with Gasteiger partial charge in [0.05, 0.1) is 18.8 Å². The molecule has 0 aliphatic rings. The van der Waals surface area contributed by atoms with Crippen molar-refractivity contribution in [2.75, 3.05) is 7.11 Å². The van der Waals surface area contributed by atoms with E-state index in [2.05, 4.69) is 11.6 Å². The van der Waals surface area contributed by atoms with Crippen molar-refractivity contribution >= 4 is 39.3 Å². The minimum Gasteiger partial charge on any atom is -0.463 e. The molecule has 0 unspecified atom stereocenters. The minimum atomic E-state index is -0.526. The van der Waals surface area contributed by atoms with Crippen LogP contribution in [-0.2, 0) is 17.0 Å². The number of aryl methyl sites for hydroxylation is 2. The van der Waals surface area contributed by atoms with Crippen LogP contribution in [0, 0.1) is 13.8 Å². The van der Waals surface area contributed by atoms with E-state index in [9.17, 15) is 9.59 Å².